The standard InChI is InChI=1S/C6H4Br3ClNO2PS/c7-14(8,9)11-15(12,13)6-3-1-5(10)2-4-6/h1-4H. The van der Waals surface area contributed by atoms with E-state index in [1.165, 1.54) is 24.3 Å². The zero-order chi connectivity index (χ0) is 11.7. The molecule has 0 aliphatic heterocycles. The summed E-state index contributed by atoms with van der Waals surface area (Å²) in [5.74, 6) is 0. The topological polar surface area (TPSA) is 46.5 Å². The molecule has 0 N–H and O–H groups in total. The van der Waals surface area contributed by atoms with Crippen molar-refractivity contribution in [3.8, 4) is 0 Å². The maximum Gasteiger partial charge on any atom is 0.283 e. The van der Waals surface area contributed by atoms with Crippen molar-refractivity contribution in [2.75, 3.05) is 0 Å². The van der Waals surface area contributed by atoms with Gasteiger partial charge in [0.2, 0.25) is 0 Å². The van der Waals surface area contributed by atoms with Crippen LogP contribution in [0.3, 0.4) is 0 Å². The molecule has 0 aromatic heterocycles. The van der Waals surface area contributed by atoms with Gasteiger partial charge in [0.1, 0.15) is 0 Å². The Hall–Kier alpha value is 1.13. The van der Waals surface area contributed by atoms with Gasteiger partial charge in [-0.1, -0.05) is 11.6 Å². The lowest BCUT2D eigenvalue weighted by Gasteiger charge is -2.02. The molecule has 0 saturated heterocycles. The summed E-state index contributed by atoms with van der Waals surface area (Å²) < 4.78 is 24.7. The highest BCUT2D eigenvalue weighted by Crippen LogP contribution is 2.72. The van der Waals surface area contributed by atoms with E-state index in [2.05, 4.69) is 50.6 Å². The number of halogens is 4. The van der Waals surface area contributed by atoms with Gasteiger partial charge in [-0.05, 0) is 70.7 Å². The molecular weight excluding hydrogens is 456 g/mol. The van der Waals surface area contributed by atoms with E-state index in [0.717, 1.165) is 0 Å². The summed E-state index contributed by atoms with van der Waals surface area (Å²) in [5.41, 5.74) is 0. The van der Waals surface area contributed by atoms with Gasteiger partial charge in [0.15, 0.2) is 3.16 Å². The minimum Gasteiger partial charge on any atom is -0.199 e. The van der Waals surface area contributed by atoms with E-state index in [-0.39, 0.29) is 4.90 Å². The lowest BCUT2D eigenvalue weighted by Crippen LogP contribution is -1.94. The Morgan fingerprint density at radius 2 is 1.60 bits per heavy atom. The number of hydrogen-bond acceptors (Lipinski definition) is 2. The second-order valence-corrected chi connectivity index (χ2v) is 23.6. The molecule has 0 spiro atoms. The van der Waals surface area contributed by atoms with Crippen LogP contribution in [-0.2, 0) is 10.0 Å². The minimum absolute atomic E-state index is 0.106. The highest BCUT2D eigenvalue weighted by atomic mass is 80.0. The molecule has 1 aromatic rings. The Balaban J connectivity index is 3.25. The fourth-order valence-corrected chi connectivity index (χ4v) is 7.34. The van der Waals surface area contributed by atoms with Crippen LogP contribution in [0.15, 0.2) is 33.3 Å². The van der Waals surface area contributed by atoms with Crippen molar-refractivity contribution in [3.05, 3.63) is 29.3 Å². The van der Waals surface area contributed by atoms with Crippen LogP contribution >= 0.6 is 61.2 Å². The summed E-state index contributed by atoms with van der Waals surface area (Å²) in [5, 5.41) is 0.478. The molecule has 0 aliphatic rings. The van der Waals surface area contributed by atoms with E-state index >= 15 is 0 Å². The molecule has 0 bridgehead atoms. The summed E-state index contributed by atoms with van der Waals surface area (Å²) >= 11 is 14.9. The molecule has 1 rings (SSSR count). The zero-order valence-corrected chi connectivity index (χ0v) is 14.2. The van der Waals surface area contributed by atoms with Crippen molar-refractivity contribution >= 4 is 71.3 Å². The normalized spacial score (nSPS) is 12.5. The second-order valence-electron chi connectivity index (χ2n) is 2.43. The number of nitrogens with zero attached hydrogens (tertiary/aromatic N) is 1. The number of benzene rings is 1. The first-order chi connectivity index (χ1) is 6.71. The van der Waals surface area contributed by atoms with E-state index in [1.54, 1.807) is 0 Å². The van der Waals surface area contributed by atoms with Crippen LogP contribution < -0.4 is 0 Å². The Kier molecular flexibility index (Phi) is 4.91. The lowest BCUT2D eigenvalue weighted by atomic mass is 10.4. The highest BCUT2D eigenvalue weighted by molar-refractivity contribution is 9.94. The van der Waals surface area contributed by atoms with Gasteiger partial charge in [0, 0.05) is 5.02 Å². The summed E-state index contributed by atoms with van der Waals surface area (Å²) in [4.78, 5) is 0.106. The zero-order valence-electron chi connectivity index (χ0n) is 6.94. The van der Waals surface area contributed by atoms with Crippen LogP contribution in [0.1, 0.15) is 0 Å². The van der Waals surface area contributed by atoms with E-state index in [1.807, 2.05) is 0 Å². The van der Waals surface area contributed by atoms with E-state index in [0.29, 0.717) is 5.02 Å². The van der Waals surface area contributed by atoms with Gasteiger partial charge in [-0.25, -0.2) is 0 Å². The van der Waals surface area contributed by atoms with Crippen molar-refractivity contribution in [2.24, 2.45) is 4.15 Å². The monoisotopic (exact) mass is 457 g/mol. The molecule has 0 amide bonds. The van der Waals surface area contributed by atoms with Crippen LogP contribution in [0, 0.1) is 0 Å². The molecule has 1 aromatic carbocycles. The van der Waals surface area contributed by atoms with Gasteiger partial charge >= 0.3 is 0 Å². The Labute approximate surface area is 117 Å². The van der Waals surface area contributed by atoms with E-state index in [4.69, 9.17) is 11.6 Å². The van der Waals surface area contributed by atoms with E-state index < -0.39 is 13.2 Å². The molecule has 0 heterocycles. The van der Waals surface area contributed by atoms with E-state index in [9.17, 15) is 8.42 Å². The molecule has 15 heavy (non-hydrogen) atoms. The Morgan fingerprint density at radius 1 is 1.13 bits per heavy atom. The highest BCUT2D eigenvalue weighted by Gasteiger charge is 2.17. The first-order valence-electron chi connectivity index (χ1n) is 3.44. The summed E-state index contributed by atoms with van der Waals surface area (Å²) in [6, 6.07) is 5.81. The van der Waals surface area contributed by atoms with Crippen molar-refractivity contribution in [1.82, 2.24) is 0 Å². The van der Waals surface area contributed by atoms with Crippen molar-refractivity contribution in [3.63, 3.8) is 0 Å². The average Bonchev–Trinajstić information content (AvgIpc) is 2.00. The summed E-state index contributed by atoms with van der Waals surface area (Å²) in [6.07, 6.45) is 0. The molecule has 0 radical (unpaired) electrons. The maximum absolute atomic E-state index is 11.7. The van der Waals surface area contributed by atoms with Crippen molar-refractivity contribution < 1.29 is 8.42 Å². The molecule has 0 saturated carbocycles. The molecule has 0 unspecified atom stereocenters. The molecule has 84 valence electrons. The first-order valence-corrected chi connectivity index (χ1v) is 13.1. The number of hydrogen-bond donors (Lipinski definition) is 0. The average molecular weight is 460 g/mol. The summed E-state index contributed by atoms with van der Waals surface area (Å²) in [6.45, 7) is 0. The fourth-order valence-electron chi connectivity index (χ4n) is 0.776. The van der Waals surface area contributed by atoms with Crippen molar-refractivity contribution in [2.45, 2.75) is 4.90 Å². The third-order valence-corrected chi connectivity index (χ3v) is 7.53. The summed E-state index contributed by atoms with van der Waals surface area (Å²) in [7, 11) is -3.66. The SMILES string of the molecule is O=S(=O)(N=P(Br)(Br)Br)c1ccc(Cl)cc1. The number of sulfonamides is 1. The van der Waals surface area contributed by atoms with Gasteiger partial charge in [-0.2, -0.15) is 8.42 Å². The van der Waals surface area contributed by atoms with Crippen molar-refractivity contribution in [1.29, 1.82) is 0 Å². The fraction of sp³-hybridized carbons (Fsp3) is 0. The predicted octanol–water partition coefficient (Wildman–Crippen LogP) is 5.16. The van der Waals surface area contributed by atoms with Crippen LogP contribution in [0.25, 0.3) is 0 Å². The van der Waals surface area contributed by atoms with Gasteiger partial charge < -0.3 is 0 Å². The largest absolute Gasteiger partial charge is 0.283 e. The third kappa shape index (κ3) is 4.88. The number of rotatable bonds is 2. The predicted molar refractivity (Wildman–Crippen MR) is 74.8 cm³/mol. The quantitative estimate of drug-likeness (QED) is 0.573. The Bertz CT molecular complexity index is 501. The van der Waals surface area contributed by atoms with Gasteiger partial charge in [0.25, 0.3) is 10.0 Å². The van der Waals surface area contributed by atoms with Gasteiger partial charge in [-0.15, -0.1) is 4.15 Å². The van der Waals surface area contributed by atoms with Gasteiger partial charge in [0.05, 0.1) is 4.90 Å². The van der Waals surface area contributed by atoms with Crippen LogP contribution in [0.4, 0.5) is 0 Å². The second kappa shape index (κ2) is 5.19. The van der Waals surface area contributed by atoms with Crippen LogP contribution in [0.5, 0.6) is 0 Å². The van der Waals surface area contributed by atoms with Gasteiger partial charge in [-0.3, -0.25) is 0 Å². The molecule has 0 atom stereocenters. The molecule has 9 heteroatoms. The maximum atomic E-state index is 11.7. The third-order valence-electron chi connectivity index (χ3n) is 1.31. The molecule has 3 nitrogen and oxygen atoms in total. The smallest absolute Gasteiger partial charge is 0.199 e. The molecular formula is C6H4Br3ClNO2PS. The molecule has 0 aliphatic carbocycles. The van der Waals surface area contributed by atoms with Crippen LogP contribution in [0.2, 0.25) is 5.02 Å². The molecule has 0 fully saturated rings. The Morgan fingerprint density at radius 3 is 2.00 bits per heavy atom. The minimum atomic E-state index is -3.66. The first kappa shape index (κ1) is 14.2. The lowest BCUT2D eigenvalue weighted by molar-refractivity contribution is 0.598. The van der Waals surface area contributed by atoms with Crippen LogP contribution in [-0.4, -0.2) is 8.42 Å².